The van der Waals surface area contributed by atoms with Crippen LogP contribution in [0.1, 0.15) is 36.5 Å². The molecule has 3 aromatic heterocycles. The smallest absolute Gasteiger partial charge is 0.123 e. The van der Waals surface area contributed by atoms with Gasteiger partial charge in [0.1, 0.15) is 10.2 Å². The number of alkyl halides is 2. The van der Waals surface area contributed by atoms with Crippen LogP contribution in [0.3, 0.4) is 0 Å². The number of rotatable bonds is 7. The van der Waals surface area contributed by atoms with Crippen molar-refractivity contribution >= 4 is 34.2 Å². The van der Waals surface area contributed by atoms with Crippen molar-refractivity contribution in [2.45, 2.75) is 36.7 Å². The Labute approximate surface area is 214 Å². The second-order valence-corrected chi connectivity index (χ2v) is 11.3. The Morgan fingerprint density at radius 3 is 2.77 bits per heavy atom. The summed E-state index contributed by atoms with van der Waals surface area (Å²) in [5, 5.41) is 7.92. The van der Waals surface area contributed by atoms with E-state index in [-0.39, 0.29) is 5.92 Å². The fraction of sp³-hybridized carbons (Fsp3) is 0.423. The zero-order valence-electron chi connectivity index (χ0n) is 19.7. The molecular weight excluding hydrogens is 481 g/mol. The standard InChI is InChI=1S/C26H29Cl2N7/c1-17(34-8-6-29-7-9-34)18-4-5-30-22(10-18)12-25-32-23-3-2-19(11-24(23)33-25)20-14-31-35(15-20)16-21-13-26(21,27)28/h2-5,10-11,14-15,17,21,29H,6-9,12-13,16H2,1H3,(H,32,33). The molecule has 2 unspecified atom stereocenters. The van der Waals surface area contributed by atoms with Crippen LogP contribution in [0, 0.1) is 5.92 Å². The maximum Gasteiger partial charge on any atom is 0.123 e. The summed E-state index contributed by atoms with van der Waals surface area (Å²) in [6.07, 6.45) is 7.35. The molecular formula is C26H29Cl2N7. The Kier molecular flexibility index (Phi) is 6.05. The van der Waals surface area contributed by atoms with Crippen LogP contribution in [0.4, 0.5) is 0 Å². The van der Waals surface area contributed by atoms with E-state index >= 15 is 0 Å². The molecule has 0 spiro atoms. The molecule has 35 heavy (non-hydrogen) atoms. The van der Waals surface area contributed by atoms with Gasteiger partial charge in [0.15, 0.2) is 0 Å². The molecule has 2 N–H and O–H groups in total. The number of halogens is 2. The van der Waals surface area contributed by atoms with Crippen LogP contribution in [0.5, 0.6) is 0 Å². The third kappa shape index (κ3) is 4.96. The van der Waals surface area contributed by atoms with Gasteiger partial charge in [0, 0.05) is 74.8 Å². The summed E-state index contributed by atoms with van der Waals surface area (Å²) in [7, 11) is 0. The number of hydrogen-bond donors (Lipinski definition) is 2. The van der Waals surface area contributed by atoms with Crippen molar-refractivity contribution in [2.75, 3.05) is 26.2 Å². The second-order valence-electron chi connectivity index (χ2n) is 9.75. The summed E-state index contributed by atoms with van der Waals surface area (Å²) in [4.78, 5) is 15.4. The maximum absolute atomic E-state index is 6.17. The van der Waals surface area contributed by atoms with Crippen molar-refractivity contribution in [1.82, 2.24) is 34.9 Å². The Bertz CT molecular complexity index is 1340. The summed E-state index contributed by atoms with van der Waals surface area (Å²) in [6.45, 7) is 7.26. The Morgan fingerprint density at radius 2 is 1.97 bits per heavy atom. The molecule has 1 aliphatic heterocycles. The van der Waals surface area contributed by atoms with Crippen molar-refractivity contribution in [1.29, 1.82) is 0 Å². The number of fused-ring (bicyclic) bond motifs is 1. The number of aromatic amines is 1. The van der Waals surface area contributed by atoms with Crippen LogP contribution in [0.25, 0.3) is 22.2 Å². The molecule has 4 aromatic rings. The van der Waals surface area contributed by atoms with Gasteiger partial charge in [-0.05, 0) is 48.7 Å². The van der Waals surface area contributed by atoms with Gasteiger partial charge >= 0.3 is 0 Å². The highest BCUT2D eigenvalue weighted by Crippen LogP contribution is 2.53. The molecule has 4 heterocycles. The molecule has 1 aromatic carbocycles. The van der Waals surface area contributed by atoms with E-state index < -0.39 is 4.33 Å². The highest BCUT2D eigenvalue weighted by Gasteiger charge is 2.51. The minimum Gasteiger partial charge on any atom is -0.342 e. The van der Waals surface area contributed by atoms with Gasteiger partial charge in [-0.1, -0.05) is 6.07 Å². The first kappa shape index (κ1) is 23.0. The summed E-state index contributed by atoms with van der Waals surface area (Å²) in [5.74, 6) is 1.19. The number of nitrogens with zero attached hydrogens (tertiary/aromatic N) is 5. The van der Waals surface area contributed by atoms with Crippen LogP contribution in [0.15, 0.2) is 48.9 Å². The van der Waals surface area contributed by atoms with Crippen molar-refractivity contribution in [3.8, 4) is 11.1 Å². The Balaban J connectivity index is 1.17. The number of H-pyrrole nitrogens is 1. The lowest BCUT2D eigenvalue weighted by Crippen LogP contribution is -2.44. The van der Waals surface area contributed by atoms with Crippen molar-refractivity contribution in [3.63, 3.8) is 0 Å². The number of nitrogens with one attached hydrogen (secondary N) is 2. The quantitative estimate of drug-likeness (QED) is 0.357. The first-order chi connectivity index (χ1) is 16.9. The molecule has 182 valence electrons. The van der Waals surface area contributed by atoms with Crippen LogP contribution < -0.4 is 5.32 Å². The Morgan fingerprint density at radius 1 is 1.14 bits per heavy atom. The fourth-order valence-electron chi connectivity index (χ4n) is 4.94. The van der Waals surface area contributed by atoms with Gasteiger partial charge in [0.05, 0.1) is 17.2 Å². The topological polar surface area (TPSA) is 74.7 Å². The number of piperazine rings is 1. The van der Waals surface area contributed by atoms with E-state index in [1.807, 2.05) is 17.1 Å². The number of hydrogen-bond acceptors (Lipinski definition) is 5. The van der Waals surface area contributed by atoms with E-state index in [0.29, 0.717) is 12.5 Å². The first-order valence-corrected chi connectivity index (χ1v) is 13.0. The van der Waals surface area contributed by atoms with Gasteiger partial charge in [0.25, 0.3) is 0 Å². The molecule has 9 heteroatoms. The zero-order valence-corrected chi connectivity index (χ0v) is 21.2. The highest BCUT2D eigenvalue weighted by atomic mass is 35.5. The number of benzene rings is 1. The molecule has 2 aliphatic rings. The Hall–Kier alpha value is -2.45. The predicted molar refractivity (Wildman–Crippen MR) is 140 cm³/mol. The molecule has 1 saturated carbocycles. The summed E-state index contributed by atoms with van der Waals surface area (Å²) >= 11 is 12.3. The maximum atomic E-state index is 6.17. The van der Waals surface area contributed by atoms with Gasteiger partial charge < -0.3 is 10.3 Å². The largest absolute Gasteiger partial charge is 0.342 e. The van der Waals surface area contributed by atoms with Gasteiger partial charge in [-0.15, -0.1) is 23.2 Å². The number of pyridine rings is 1. The SMILES string of the molecule is CC(c1ccnc(Cc2nc3ccc(-c4cnn(CC5CC5(Cl)Cl)c4)cc3[nH]2)c1)N1CCNCC1. The minimum absolute atomic E-state index is 0.267. The molecule has 1 aliphatic carbocycles. The summed E-state index contributed by atoms with van der Waals surface area (Å²) < 4.78 is 1.34. The average Bonchev–Trinajstić information content (AvgIpc) is 3.21. The second kappa shape index (κ2) is 9.21. The van der Waals surface area contributed by atoms with Gasteiger partial charge in [-0.2, -0.15) is 5.10 Å². The third-order valence-electron chi connectivity index (χ3n) is 7.23. The molecule has 0 amide bonds. The summed E-state index contributed by atoms with van der Waals surface area (Å²) in [6, 6.07) is 11.0. The van der Waals surface area contributed by atoms with Crippen LogP contribution in [-0.4, -0.2) is 60.1 Å². The molecule has 0 bridgehead atoms. The van der Waals surface area contributed by atoms with E-state index in [0.717, 1.165) is 72.8 Å². The average molecular weight is 510 g/mol. The molecule has 6 rings (SSSR count). The van der Waals surface area contributed by atoms with Crippen molar-refractivity contribution in [3.05, 3.63) is 66.0 Å². The molecule has 0 radical (unpaired) electrons. The third-order valence-corrected chi connectivity index (χ3v) is 8.16. The van der Waals surface area contributed by atoms with Crippen molar-refractivity contribution in [2.24, 2.45) is 5.92 Å². The molecule has 7 nitrogen and oxygen atoms in total. The van der Waals surface area contributed by atoms with E-state index in [4.69, 9.17) is 28.2 Å². The lowest BCUT2D eigenvalue weighted by atomic mass is 10.1. The van der Waals surface area contributed by atoms with E-state index in [9.17, 15) is 0 Å². The lowest BCUT2D eigenvalue weighted by Gasteiger charge is -2.33. The highest BCUT2D eigenvalue weighted by molar-refractivity contribution is 6.50. The van der Waals surface area contributed by atoms with Crippen LogP contribution >= 0.6 is 23.2 Å². The van der Waals surface area contributed by atoms with Crippen molar-refractivity contribution < 1.29 is 0 Å². The first-order valence-electron chi connectivity index (χ1n) is 12.2. The molecule has 2 fully saturated rings. The van der Waals surface area contributed by atoms with Crippen LogP contribution in [-0.2, 0) is 13.0 Å². The van der Waals surface area contributed by atoms with Gasteiger partial charge in [-0.25, -0.2) is 4.98 Å². The summed E-state index contributed by atoms with van der Waals surface area (Å²) in [5.41, 5.74) is 6.46. The van der Waals surface area contributed by atoms with Gasteiger partial charge in [0.2, 0.25) is 0 Å². The molecule has 1 saturated heterocycles. The minimum atomic E-state index is -0.589. The monoisotopic (exact) mass is 509 g/mol. The van der Waals surface area contributed by atoms with Crippen LogP contribution in [0.2, 0.25) is 0 Å². The normalized spacial score (nSPS) is 20.8. The zero-order chi connectivity index (χ0) is 24.0. The van der Waals surface area contributed by atoms with E-state index in [1.54, 1.807) is 0 Å². The number of aromatic nitrogens is 5. The predicted octanol–water partition coefficient (Wildman–Crippen LogP) is 4.57. The molecule has 2 atom stereocenters. The van der Waals surface area contributed by atoms with Gasteiger partial charge in [-0.3, -0.25) is 14.6 Å². The fourth-order valence-corrected chi connectivity index (χ4v) is 5.45. The lowest BCUT2D eigenvalue weighted by molar-refractivity contribution is 0.185. The number of imidazole rings is 1. The van der Waals surface area contributed by atoms with E-state index in [1.165, 1.54) is 5.56 Å². The van der Waals surface area contributed by atoms with E-state index in [2.05, 4.69) is 68.7 Å².